The number of oxime groups is 1. The first-order valence-corrected chi connectivity index (χ1v) is 8.07. The summed E-state index contributed by atoms with van der Waals surface area (Å²) in [6, 6.07) is 14.0. The van der Waals surface area contributed by atoms with Gasteiger partial charge in [-0.1, -0.05) is 30.3 Å². The molecule has 0 bridgehead atoms. The molecule has 0 aliphatic rings. The summed E-state index contributed by atoms with van der Waals surface area (Å²) in [6.45, 7) is 1.82. The highest BCUT2D eigenvalue weighted by Gasteiger charge is 2.21. The summed E-state index contributed by atoms with van der Waals surface area (Å²) in [5.41, 5.74) is 6.42. The molecule has 0 unspecified atom stereocenters. The maximum Gasteiger partial charge on any atom is 0.375 e. The van der Waals surface area contributed by atoms with Gasteiger partial charge in [-0.25, -0.2) is 4.79 Å². The van der Waals surface area contributed by atoms with Gasteiger partial charge in [0.15, 0.2) is 23.4 Å². The Hall–Kier alpha value is -3.22. The molecule has 0 amide bonds. The van der Waals surface area contributed by atoms with Gasteiger partial charge in [-0.05, 0) is 36.8 Å². The summed E-state index contributed by atoms with van der Waals surface area (Å²) in [7, 11) is 3.05. The Kier molecular flexibility index (Phi) is 6.84. The van der Waals surface area contributed by atoms with Crippen LogP contribution in [0.4, 0.5) is 0 Å². The van der Waals surface area contributed by atoms with Crippen LogP contribution in [0, 0.1) is 0 Å². The van der Waals surface area contributed by atoms with E-state index in [-0.39, 0.29) is 5.84 Å². The Labute approximate surface area is 152 Å². The number of para-hydroxylation sites is 1. The lowest BCUT2D eigenvalue weighted by Gasteiger charge is -2.14. The van der Waals surface area contributed by atoms with Crippen LogP contribution in [0.15, 0.2) is 53.7 Å². The maximum absolute atomic E-state index is 12.2. The average molecular weight is 358 g/mol. The number of amidine groups is 1. The van der Waals surface area contributed by atoms with E-state index in [9.17, 15) is 4.79 Å². The first kappa shape index (κ1) is 19.1. The van der Waals surface area contributed by atoms with Gasteiger partial charge in [0.2, 0.25) is 0 Å². The maximum atomic E-state index is 12.2. The predicted octanol–water partition coefficient (Wildman–Crippen LogP) is 2.72. The SMILES string of the molecule is CC[C@H](Oc1ccccc1)C(=O)O/N=C(/N)c1ccc(OC)c(OC)c1. The Morgan fingerprint density at radius 3 is 2.38 bits per heavy atom. The third kappa shape index (κ3) is 4.89. The van der Waals surface area contributed by atoms with Gasteiger partial charge in [0, 0.05) is 5.56 Å². The molecule has 2 N–H and O–H groups in total. The zero-order valence-corrected chi connectivity index (χ0v) is 15.0. The summed E-state index contributed by atoms with van der Waals surface area (Å²) in [5, 5.41) is 3.70. The van der Waals surface area contributed by atoms with Crippen LogP contribution in [0.2, 0.25) is 0 Å². The van der Waals surface area contributed by atoms with Crippen molar-refractivity contribution >= 4 is 11.8 Å². The van der Waals surface area contributed by atoms with Crippen LogP contribution in [-0.2, 0) is 9.63 Å². The third-order valence-electron chi connectivity index (χ3n) is 3.57. The van der Waals surface area contributed by atoms with E-state index >= 15 is 0 Å². The summed E-state index contributed by atoms with van der Waals surface area (Å²) >= 11 is 0. The lowest BCUT2D eigenvalue weighted by Crippen LogP contribution is -2.28. The largest absolute Gasteiger partial charge is 0.493 e. The number of hydrogen-bond donors (Lipinski definition) is 1. The number of nitrogens with zero attached hydrogens (tertiary/aromatic N) is 1. The van der Waals surface area contributed by atoms with E-state index in [1.165, 1.54) is 14.2 Å². The fourth-order valence-electron chi connectivity index (χ4n) is 2.16. The van der Waals surface area contributed by atoms with Gasteiger partial charge >= 0.3 is 5.97 Å². The second-order valence-electron chi connectivity index (χ2n) is 5.28. The molecule has 0 aliphatic heterocycles. The van der Waals surface area contributed by atoms with Gasteiger partial charge in [-0.2, -0.15) is 0 Å². The van der Waals surface area contributed by atoms with Crippen molar-refractivity contribution in [1.82, 2.24) is 0 Å². The molecule has 1 atom stereocenters. The molecule has 0 aromatic heterocycles. The quantitative estimate of drug-likeness (QED) is 0.338. The van der Waals surface area contributed by atoms with E-state index in [2.05, 4.69) is 5.16 Å². The van der Waals surface area contributed by atoms with Crippen molar-refractivity contribution in [3.05, 3.63) is 54.1 Å². The molecule has 0 saturated heterocycles. The molecule has 0 saturated carbocycles. The molecule has 7 nitrogen and oxygen atoms in total. The van der Waals surface area contributed by atoms with E-state index in [1.54, 1.807) is 30.3 Å². The molecule has 0 radical (unpaired) electrons. The van der Waals surface area contributed by atoms with Crippen molar-refractivity contribution in [2.75, 3.05) is 14.2 Å². The highest BCUT2D eigenvalue weighted by molar-refractivity contribution is 5.98. The molecule has 0 aliphatic carbocycles. The van der Waals surface area contributed by atoms with Gasteiger partial charge in [0.1, 0.15) is 5.75 Å². The fourth-order valence-corrected chi connectivity index (χ4v) is 2.16. The molecular formula is C19H22N2O5. The molecular weight excluding hydrogens is 336 g/mol. The molecule has 26 heavy (non-hydrogen) atoms. The summed E-state index contributed by atoms with van der Waals surface area (Å²) in [4.78, 5) is 17.1. The molecule has 2 aromatic rings. The average Bonchev–Trinajstić information content (AvgIpc) is 2.70. The number of carbonyl (C=O) groups excluding carboxylic acids is 1. The van der Waals surface area contributed by atoms with Gasteiger partial charge in [-0.3, -0.25) is 0 Å². The highest BCUT2D eigenvalue weighted by Crippen LogP contribution is 2.27. The van der Waals surface area contributed by atoms with Gasteiger partial charge < -0.3 is 24.8 Å². The summed E-state index contributed by atoms with van der Waals surface area (Å²) < 4.78 is 16.0. The van der Waals surface area contributed by atoms with E-state index in [0.717, 1.165) is 0 Å². The van der Waals surface area contributed by atoms with Crippen LogP contribution in [0.3, 0.4) is 0 Å². The Morgan fingerprint density at radius 1 is 1.08 bits per heavy atom. The standard InChI is InChI=1S/C19H22N2O5/c1-4-15(25-14-8-6-5-7-9-14)19(22)26-21-18(20)13-10-11-16(23-2)17(12-13)24-3/h5-12,15H,4H2,1-3H3,(H2,20,21)/t15-/m0/s1. The van der Waals surface area contributed by atoms with Crippen LogP contribution in [0.25, 0.3) is 0 Å². The van der Waals surface area contributed by atoms with Crippen molar-refractivity contribution in [3.63, 3.8) is 0 Å². The topological polar surface area (TPSA) is 92.4 Å². The summed E-state index contributed by atoms with van der Waals surface area (Å²) in [5.74, 6) is 1.04. The van der Waals surface area contributed by atoms with Crippen LogP contribution in [-0.4, -0.2) is 32.1 Å². The lowest BCUT2D eigenvalue weighted by molar-refractivity contribution is -0.152. The first-order chi connectivity index (χ1) is 12.6. The van der Waals surface area contributed by atoms with Crippen LogP contribution in [0.1, 0.15) is 18.9 Å². The summed E-state index contributed by atoms with van der Waals surface area (Å²) in [6.07, 6.45) is -0.348. The molecule has 138 valence electrons. The van der Waals surface area contributed by atoms with Crippen LogP contribution >= 0.6 is 0 Å². The second-order valence-corrected chi connectivity index (χ2v) is 5.28. The van der Waals surface area contributed by atoms with E-state index in [4.69, 9.17) is 24.8 Å². The van der Waals surface area contributed by atoms with Crippen molar-refractivity contribution < 1.29 is 23.8 Å². The lowest BCUT2D eigenvalue weighted by atomic mass is 10.2. The number of methoxy groups -OCH3 is 2. The fraction of sp³-hybridized carbons (Fsp3) is 0.263. The molecule has 2 aromatic carbocycles. The first-order valence-electron chi connectivity index (χ1n) is 8.07. The number of hydrogen-bond acceptors (Lipinski definition) is 6. The molecule has 0 fully saturated rings. The van der Waals surface area contributed by atoms with Gasteiger partial charge in [-0.15, -0.1) is 0 Å². The van der Waals surface area contributed by atoms with Gasteiger partial charge in [0.25, 0.3) is 0 Å². The predicted molar refractivity (Wildman–Crippen MR) is 97.5 cm³/mol. The third-order valence-corrected chi connectivity index (χ3v) is 3.57. The van der Waals surface area contributed by atoms with Gasteiger partial charge in [0.05, 0.1) is 14.2 Å². The Morgan fingerprint density at radius 2 is 1.77 bits per heavy atom. The number of nitrogens with two attached hydrogens (primary N) is 1. The Balaban J connectivity index is 2.05. The number of benzene rings is 2. The van der Waals surface area contributed by atoms with Crippen molar-refractivity contribution in [2.24, 2.45) is 10.9 Å². The normalized spacial score (nSPS) is 12.2. The van der Waals surface area contributed by atoms with E-state index in [0.29, 0.717) is 29.2 Å². The minimum Gasteiger partial charge on any atom is -0.493 e. The zero-order chi connectivity index (χ0) is 18.9. The number of ether oxygens (including phenoxy) is 3. The Bertz CT molecular complexity index is 762. The van der Waals surface area contributed by atoms with Crippen molar-refractivity contribution in [2.45, 2.75) is 19.4 Å². The molecule has 2 rings (SSSR count). The highest BCUT2D eigenvalue weighted by atomic mass is 16.7. The smallest absolute Gasteiger partial charge is 0.375 e. The monoisotopic (exact) mass is 358 g/mol. The molecule has 0 spiro atoms. The zero-order valence-electron chi connectivity index (χ0n) is 15.0. The van der Waals surface area contributed by atoms with Crippen molar-refractivity contribution in [3.8, 4) is 17.2 Å². The molecule has 7 heteroatoms. The minimum absolute atomic E-state index is 0.0360. The van der Waals surface area contributed by atoms with Crippen LogP contribution < -0.4 is 19.9 Å². The molecule has 0 heterocycles. The second kappa shape index (κ2) is 9.31. The minimum atomic E-state index is -0.778. The van der Waals surface area contributed by atoms with E-state index in [1.807, 2.05) is 25.1 Å². The van der Waals surface area contributed by atoms with Crippen LogP contribution in [0.5, 0.6) is 17.2 Å². The van der Waals surface area contributed by atoms with Crippen molar-refractivity contribution in [1.29, 1.82) is 0 Å². The number of carbonyl (C=O) groups is 1. The number of rotatable bonds is 8. The van der Waals surface area contributed by atoms with E-state index < -0.39 is 12.1 Å².